The summed E-state index contributed by atoms with van der Waals surface area (Å²) in [5.41, 5.74) is 0.756. The first-order valence-corrected chi connectivity index (χ1v) is 15.9. The van der Waals surface area contributed by atoms with Crippen molar-refractivity contribution in [3.63, 3.8) is 0 Å². The van der Waals surface area contributed by atoms with Crippen molar-refractivity contribution >= 4 is 23.9 Å². The summed E-state index contributed by atoms with van der Waals surface area (Å²) in [6.45, 7) is 9.48. The lowest BCUT2D eigenvalue weighted by Gasteiger charge is -2.27. The first kappa shape index (κ1) is 34.1. The zero-order chi connectivity index (χ0) is 31.0. The highest BCUT2D eigenvalue weighted by atomic mass is 16.5. The molecule has 0 bridgehead atoms. The number of carbonyl (C=O) groups is 4. The highest BCUT2D eigenvalue weighted by molar-refractivity contribution is 5.81. The Kier molecular flexibility index (Phi) is 14.5. The largest absolute Gasteiger partial charge is 0.463 e. The van der Waals surface area contributed by atoms with Crippen LogP contribution in [-0.2, 0) is 28.7 Å². The van der Waals surface area contributed by atoms with Crippen LogP contribution in [0.25, 0.3) is 0 Å². The minimum absolute atomic E-state index is 0.104. The molecule has 2 aliphatic rings. The smallest absolute Gasteiger partial charge is 0.330 e. The van der Waals surface area contributed by atoms with Gasteiger partial charge in [0.25, 0.3) is 0 Å². The molecule has 3 rings (SSSR count). The fraction of sp³-hybridized carbons (Fsp3) is 0.600. The van der Waals surface area contributed by atoms with Crippen LogP contribution < -0.4 is 9.47 Å². The lowest BCUT2D eigenvalue weighted by Crippen LogP contribution is -2.26. The van der Waals surface area contributed by atoms with Crippen LogP contribution in [0.3, 0.4) is 0 Å². The lowest BCUT2D eigenvalue weighted by molar-refractivity contribution is -0.141. The standard InChI is InChI=1S/C35H48O8/c1-4-32(36)40-22-8-6-10-26-12-16-28(17-13-26)34(38)42-30-20-21-31(25(3)24-30)43-35(39)29-18-14-27(15-19-29)11-7-9-23-41-33(37)5-2/h4-5,20-21,24,26-29H,1-2,6-19,22-23H2,3H3. The van der Waals surface area contributed by atoms with Crippen LogP contribution >= 0.6 is 0 Å². The molecule has 2 saturated carbocycles. The Morgan fingerprint density at radius 2 is 1.16 bits per heavy atom. The molecule has 0 N–H and O–H groups in total. The van der Waals surface area contributed by atoms with Gasteiger partial charge in [-0.3, -0.25) is 9.59 Å². The van der Waals surface area contributed by atoms with E-state index in [-0.39, 0.29) is 35.7 Å². The van der Waals surface area contributed by atoms with Crippen molar-refractivity contribution in [2.24, 2.45) is 23.7 Å². The van der Waals surface area contributed by atoms with Crippen molar-refractivity contribution in [2.45, 2.75) is 96.8 Å². The van der Waals surface area contributed by atoms with Crippen molar-refractivity contribution in [3.8, 4) is 11.5 Å². The highest BCUT2D eigenvalue weighted by Crippen LogP contribution is 2.35. The molecule has 2 aliphatic carbocycles. The Hall–Kier alpha value is -3.42. The molecule has 1 aromatic rings. The first-order valence-electron chi connectivity index (χ1n) is 15.9. The van der Waals surface area contributed by atoms with Crippen LogP contribution in [0.15, 0.2) is 43.5 Å². The van der Waals surface area contributed by atoms with Gasteiger partial charge in [0.05, 0.1) is 25.0 Å². The van der Waals surface area contributed by atoms with E-state index in [1.165, 1.54) is 12.2 Å². The highest BCUT2D eigenvalue weighted by Gasteiger charge is 2.29. The molecule has 0 spiro atoms. The molecule has 0 atom stereocenters. The number of ether oxygens (including phenoxy) is 4. The second-order valence-electron chi connectivity index (χ2n) is 11.9. The fourth-order valence-electron chi connectivity index (χ4n) is 6.10. The minimum Gasteiger partial charge on any atom is -0.463 e. The van der Waals surface area contributed by atoms with E-state index in [4.69, 9.17) is 18.9 Å². The molecule has 2 fully saturated rings. The van der Waals surface area contributed by atoms with E-state index in [0.29, 0.717) is 36.5 Å². The number of benzene rings is 1. The second kappa shape index (κ2) is 18.3. The van der Waals surface area contributed by atoms with Gasteiger partial charge < -0.3 is 18.9 Å². The summed E-state index contributed by atoms with van der Waals surface area (Å²) in [7, 11) is 0. The van der Waals surface area contributed by atoms with Gasteiger partial charge in [0.2, 0.25) is 0 Å². The third kappa shape index (κ3) is 12.0. The lowest BCUT2D eigenvalue weighted by atomic mass is 9.80. The summed E-state index contributed by atoms with van der Waals surface area (Å²) < 4.78 is 21.5. The third-order valence-electron chi connectivity index (χ3n) is 8.77. The van der Waals surface area contributed by atoms with Gasteiger partial charge in [-0.1, -0.05) is 26.0 Å². The first-order chi connectivity index (χ1) is 20.8. The summed E-state index contributed by atoms with van der Waals surface area (Å²) in [5.74, 6) is 0.781. The number of esters is 4. The van der Waals surface area contributed by atoms with Crippen LogP contribution in [0.1, 0.15) is 95.5 Å². The SMILES string of the molecule is C=CC(=O)OCCCCC1CCC(C(=O)Oc2ccc(OC(=O)C3CCC(CCCCOC(=O)C=C)CC3)c(C)c2)CC1. The molecule has 1 aromatic carbocycles. The predicted octanol–water partition coefficient (Wildman–Crippen LogP) is 7.22. The van der Waals surface area contributed by atoms with E-state index >= 15 is 0 Å². The van der Waals surface area contributed by atoms with Crippen molar-refractivity contribution in [1.29, 1.82) is 0 Å². The maximum atomic E-state index is 12.9. The summed E-state index contributed by atoms with van der Waals surface area (Å²) >= 11 is 0. The van der Waals surface area contributed by atoms with Crippen LogP contribution in [0.2, 0.25) is 0 Å². The maximum absolute atomic E-state index is 12.9. The van der Waals surface area contributed by atoms with Crippen LogP contribution in [-0.4, -0.2) is 37.1 Å². The van der Waals surface area contributed by atoms with Gasteiger partial charge in [0, 0.05) is 12.2 Å². The Morgan fingerprint density at radius 1 is 0.698 bits per heavy atom. The molecule has 236 valence electrons. The zero-order valence-corrected chi connectivity index (χ0v) is 25.7. The van der Waals surface area contributed by atoms with E-state index in [0.717, 1.165) is 95.5 Å². The number of carbonyl (C=O) groups excluding carboxylic acids is 4. The van der Waals surface area contributed by atoms with Gasteiger partial charge in [-0.05, 0) is 120 Å². The van der Waals surface area contributed by atoms with Crippen molar-refractivity contribution in [2.75, 3.05) is 13.2 Å². The molecule has 0 aliphatic heterocycles. The van der Waals surface area contributed by atoms with Gasteiger partial charge >= 0.3 is 23.9 Å². The molecule has 0 aromatic heterocycles. The van der Waals surface area contributed by atoms with Gasteiger partial charge in [-0.25, -0.2) is 9.59 Å². The fourth-order valence-corrected chi connectivity index (χ4v) is 6.10. The summed E-state index contributed by atoms with van der Waals surface area (Å²) in [6, 6.07) is 5.17. The predicted molar refractivity (Wildman–Crippen MR) is 163 cm³/mol. The molecule has 43 heavy (non-hydrogen) atoms. The van der Waals surface area contributed by atoms with Crippen LogP contribution in [0.4, 0.5) is 0 Å². The quantitative estimate of drug-likeness (QED) is 0.0853. The molecule has 0 saturated heterocycles. The van der Waals surface area contributed by atoms with Gasteiger partial charge in [0.15, 0.2) is 0 Å². The monoisotopic (exact) mass is 596 g/mol. The van der Waals surface area contributed by atoms with Gasteiger partial charge in [-0.15, -0.1) is 0 Å². The average molecular weight is 597 g/mol. The molecular weight excluding hydrogens is 548 g/mol. The number of unbranched alkanes of at least 4 members (excludes halogenated alkanes) is 2. The number of aryl methyl sites for hydroxylation is 1. The van der Waals surface area contributed by atoms with Gasteiger partial charge in [-0.2, -0.15) is 0 Å². The molecular formula is C35H48O8. The summed E-state index contributed by atoms with van der Waals surface area (Å²) in [5, 5.41) is 0. The van der Waals surface area contributed by atoms with Crippen LogP contribution in [0, 0.1) is 30.6 Å². The van der Waals surface area contributed by atoms with Crippen LogP contribution in [0.5, 0.6) is 11.5 Å². The molecule has 8 nitrogen and oxygen atoms in total. The summed E-state index contributed by atoms with van der Waals surface area (Å²) in [4.78, 5) is 47.9. The van der Waals surface area contributed by atoms with Crippen molar-refractivity contribution in [1.82, 2.24) is 0 Å². The van der Waals surface area contributed by atoms with Crippen molar-refractivity contribution < 1.29 is 38.1 Å². The van der Waals surface area contributed by atoms with Crippen molar-refractivity contribution in [3.05, 3.63) is 49.1 Å². The Labute approximate surface area is 256 Å². The average Bonchev–Trinajstić information content (AvgIpc) is 3.02. The topological polar surface area (TPSA) is 105 Å². The molecule has 0 heterocycles. The Bertz CT molecular complexity index is 1090. The molecule has 0 unspecified atom stereocenters. The zero-order valence-electron chi connectivity index (χ0n) is 25.7. The minimum atomic E-state index is -0.380. The molecule has 0 radical (unpaired) electrons. The normalized spacial score (nSPS) is 21.7. The second-order valence-corrected chi connectivity index (χ2v) is 11.9. The van der Waals surface area contributed by atoms with E-state index in [1.807, 2.05) is 6.92 Å². The van der Waals surface area contributed by atoms with Gasteiger partial charge in [0.1, 0.15) is 11.5 Å². The Balaban J connectivity index is 1.33. The van der Waals surface area contributed by atoms with E-state index in [2.05, 4.69) is 13.2 Å². The number of hydrogen-bond acceptors (Lipinski definition) is 8. The van der Waals surface area contributed by atoms with E-state index in [1.54, 1.807) is 18.2 Å². The van der Waals surface area contributed by atoms with E-state index < -0.39 is 0 Å². The molecule has 0 amide bonds. The summed E-state index contributed by atoms with van der Waals surface area (Å²) in [6.07, 6.45) is 15.4. The van der Waals surface area contributed by atoms with E-state index in [9.17, 15) is 19.2 Å². The maximum Gasteiger partial charge on any atom is 0.330 e. The number of hydrogen-bond donors (Lipinski definition) is 0. The third-order valence-corrected chi connectivity index (χ3v) is 8.77. The number of rotatable bonds is 16. The molecule has 8 heteroatoms. The Morgan fingerprint density at radius 3 is 1.60 bits per heavy atom.